The number of nitrogens with zero attached hydrogens (tertiary/aromatic N) is 4. The number of phenolic OH excluding ortho intramolecular Hbond substituents is 1. The van der Waals surface area contributed by atoms with Crippen LogP contribution >= 0.6 is 0 Å². The Kier molecular flexibility index (Phi) is 4.89. The molecule has 0 aliphatic carbocycles. The fourth-order valence-electron chi connectivity index (χ4n) is 4.92. The Morgan fingerprint density at radius 3 is 2.77 bits per heavy atom. The molecule has 8 heteroatoms. The summed E-state index contributed by atoms with van der Waals surface area (Å²) in [5.74, 6) is 0.655. The molecule has 0 spiro atoms. The summed E-state index contributed by atoms with van der Waals surface area (Å²) in [6.07, 6.45) is 6.56. The highest BCUT2D eigenvalue weighted by atomic mass is 19.1. The quantitative estimate of drug-likeness (QED) is 0.786. The van der Waals surface area contributed by atoms with Crippen molar-refractivity contribution in [2.24, 2.45) is 0 Å². The van der Waals surface area contributed by atoms with Gasteiger partial charge in [-0.1, -0.05) is 6.07 Å². The van der Waals surface area contributed by atoms with Crippen molar-refractivity contribution >= 4 is 17.3 Å². The fourth-order valence-corrected chi connectivity index (χ4v) is 4.92. The van der Waals surface area contributed by atoms with Crippen molar-refractivity contribution in [3.63, 3.8) is 0 Å². The van der Waals surface area contributed by atoms with Gasteiger partial charge in [0.15, 0.2) is 0 Å². The third kappa shape index (κ3) is 3.54. The van der Waals surface area contributed by atoms with Gasteiger partial charge < -0.3 is 20.2 Å². The summed E-state index contributed by atoms with van der Waals surface area (Å²) in [6.45, 7) is 0.520. The van der Waals surface area contributed by atoms with Crippen molar-refractivity contribution in [1.29, 1.82) is 0 Å². The number of aromatic hydroxyl groups is 1. The number of piperidine rings is 1. The third-order valence-electron chi connectivity index (χ3n) is 6.78. The van der Waals surface area contributed by atoms with Gasteiger partial charge in [0.05, 0.1) is 24.1 Å². The molecule has 0 radical (unpaired) electrons. The minimum atomic E-state index is -0.933. The Morgan fingerprint density at radius 1 is 1.26 bits per heavy atom. The van der Waals surface area contributed by atoms with Crippen molar-refractivity contribution in [2.45, 2.75) is 43.6 Å². The zero-order valence-corrected chi connectivity index (χ0v) is 17.6. The molecular formula is C23H26FN5O2. The molecule has 0 saturated carbocycles. The number of likely N-dealkylation sites (N-methyl/N-ethyl adjacent to an activating group) is 1. The van der Waals surface area contributed by atoms with Gasteiger partial charge in [-0.05, 0) is 42.5 Å². The molecule has 2 fully saturated rings. The molecule has 2 bridgehead atoms. The lowest BCUT2D eigenvalue weighted by atomic mass is 9.96. The van der Waals surface area contributed by atoms with E-state index >= 15 is 0 Å². The van der Waals surface area contributed by atoms with Crippen LogP contribution in [0.15, 0.2) is 36.7 Å². The molecular weight excluding hydrogens is 397 g/mol. The molecule has 1 aromatic carbocycles. The lowest BCUT2D eigenvalue weighted by molar-refractivity contribution is -0.123. The largest absolute Gasteiger partial charge is 0.507 e. The summed E-state index contributed by atoms with van der Waals surface area (Å²) in [7, 11) is 3.61. The molecule has 1 amide bonds. The number of nitrogens with one attached hydrogen (secondary N) is 1. The van der Waals surface area contributed by atoms with Gasteiger partial charge in [0.25, 0.3) is 0 Å². The molecule has 7 nitrogen and oxygen atoms in total. The average Bonchev–Trinajstić information content (AvgIpc) is 3.34. The standard InChI is InChI=1S/C23H26FN5O2/c1-28-12-14(8-22(28)31)13-3-5-16(20(30)7-13)18-10-26-21(11-25-18)29(2)19-9-15-4-6-17(27-15)23(19)24/h3,5,7-8,10-11,15,17,19,23,27,30H,4,6,9,12H2,1-2H3/t15-,17?,19-,23+/m0/s1. The number of carbonyl (C=O) groups is 1. The minimum absolute atomic E-state index is 0.0404. The Bertz CT molecular complexity index is 1040. The maximum absolute atomic E-state index is 14.9. The second-order valence-corrected chi connectivity index (χ2v) is 8.76. The summed E-state index contributed by atoms with van der Waals surface area (Å²) >= 11 is 0. The number of rotatable bonds is 4. The van der Waals surface area contributed by atoms with Crippen molar-refractivity contribution in [3.8, 4) is 17.0 Å². The summed E-state index contributed by atoms with van der Waals surface area (Å²) in [4.78, 5) is 24.2. The van der Waals surface area contributed by atoms with Crippen LogP contribution in [0.1, 0.15) is 24.8 Å². The minimum Gasteiger partial charge on any atom is -0.507 e. The highest BCUT2D eigenvalue weighted by Gasteiger charge is 2.43. The fraction of sp³-hybridized carbons (Fsp3) is 0.435. The number of fused-ring (bicyclic) bond motifs is 2. The lowest BCUT2D eigenvalue weighted by Gasteiger charge is -2.38. The first-order chi connectivity index (χ1) is 14.9. The molecule has 5 rings (SSSR count). The molecule has 4 heterocycles. The van der Waals surface area contributed by atoms with Crippen molar-refractivity contribution in [3.05, 3.63) is 42.2 Å². The summed E-state index contributed by atoms with van der Waals surface area (Å²) in [5.41, 5.74) is 2.77. The molecule has 2 N–H and O–H groups in total. The monoisotopic (exact) mass is 423 g/mol. The van der Waals surface area contributed by atoms with E-state index in [0.29, 0.717) is 29.7 Å². The van der Waals surface area contributed by atoms with E-state index in [0.717, 1.165) is 30.4 Å². The van der Waals surface area contributed by atoms with E-state index in [-0.39, 0.29) is 23.7 Å². The average molecular weight is 423 g/mol. The van der Waals surface area contributed by atoms with Crippen LogP contribution in [0, 0.1) is 0 Å². The normalized spacial score (nSPS) is 27.5. The van der Waals surface area contributed by atoms with E-state index in [9.17, 15) is 14.3 Å². The molecule has 31 heavy (non-hydrogen) atoms. The number of hydrogen-bond acceptors (Lipinski definition) is 6. The number of hydrogen-bond donors (Lipinski definition) is 2. The van der Waals surface area contributed by atoms with Gasteiger partial charge in [-0.15, -0.1) is 0 Å². The van der Waals surface area contributed by atoms with Crippen molar-refractivity contribution in [2.75, 3.05) is 25.5 Å². The number of benzene rings is 1. The highest BCUT2D eigenvalue weighted by Crippen LogP contribution is 2.34. The maximum atomic E-state index is 14.9. The van der Waals surface area contributed by atoms with Gasteiger partial charge in [0, 0.05) is 44.4 Å². The van der Waals surface area contributed by atoms with Crippen LogP contribution in [0.4, 0.5) is 10.2 Å². The van der Waals surface area contributed by atoms with Gasteiger partial charge in [0.1, 0.15) is 17.7 Å². The summed E-state index contributed by atoms with van der Waals surface area (Å²) < 4.78 is 14.9. The van der Waals surface area contributed by atoms with Crippen LogP contribution in [0.25, 0.3) is 16.8 Å². The molecule has 1 unspecified atom stereocenters. The molecule has 162 valence electrons. The molecule has 1 aromatic heterocycles. The third-order valence-corrected chi connectivity index (χ3v) is 6.78. The van der Waals surface area contributed by atoms with Gasteiger partial charge in [-0.3, -0.25) is 9.78 Å². The van der Waals surface area contributed by atoms with Crippen molar-refractivity contribution in [1.82, 2.24) is 20.2 Å². The molecule has 2 aromatic rings. The van der Waals surface area contributed by atoms with E-state index in [2.05, 4.69) is 15.3 Å². The van der Waals surface area contributed by atoms with Gasteiger partial charge in [-0.2, -0.15) is 0 Å². The van der Waals surface area contributed by atoms with Crippen LogP contribution in [0.3, 0.4) is 0 Å². The number of alkyl halides is 1. The topological polar surface area (TPSA) is 81.6 Å². The van der Waals surface area contributed by atoms with Crippen molar-refractivity contribution < 1.29 is 14.3 Å². The lowest BCUT2D eigenvalue weighted by Crippen LogP contribution is -2.55. The predicted octanol–water partition coefficient (Wildman–Crippen LogP) is 2.37. The van der Waals surface area contributed by atoms with E-state index in [1.807, 2.05) is 18.0 Å². The number of anilines is 1. The van der Waals surface area contributed by atoms with Crippen LogP contribution in [-0.4, -0.2) is 70.8 Å². The van der Waals surface area contributed by atoms with Crippen LogP contribution < -0.4 is 10.2 Å². The maximum Gasteiger partial charge on any atom is 0.246 e. The Labute approximate surface area is 180 Å². The first-order valence-electron chi connectivity index (χ1n) is 10.6. The number of phenols is 1. The molecule has 4 atom stereocenters. The molecule has 2 saturated heterocycles. The SMILES string of the molecule is CN1CC(c2ccc(-c3cnc(N(C)[C@H]4C[C@@H]5CCC(N5)[C@H]4F)cn3)c(O)c2)=CC1=O. The zero-order chi connectivity index (χ0) is 21.7. The van der Waals surface area contributed by atoms with Crippen LogP contribution in [0.2, 0.25) is 0 Å². The van der Waals surface area contributed by atoms with E-state index < -0.39 is 6.17 Å². The zero-order valence-electron chi connectivity index (χ0n) is 17.6. The van der Waals surface area contributed by atoms with Gasteiger partial charge >= 0.3 is 0 Å². The summed E-state index contributed by atoms with van der Waals surface area (Å²) in [5, 5.41) is 13.9. The first-order valence-corrected chi connectivity index (χ1v) is 10.6. The Balaban J connectivity index is 1.34. The molecule has 3 aliphatic heterocycles. The highest BCUT2D eigenvalue weighted by molar-refractivity contribution is 6.00. The Hall–Kier alpha value is -3.00. The van der Waals surface area contributed by atoms with E-state index in [1.165, 1.54) is 0 Å². The van der Waals surface area contributed by atoms with E-state index in [4.69, 9.17) is 0 Å². The number of carbonyl (C=O) groups excluding carboxylic acids is 1. The summed E-state index contributed by atoms with van der Waals surface area (Å²) in [6, 6.07) is 5.38. The van der Waals surface area contributed by atoms with Gasteiger partial charge in [-0.25, -0.2) is 9.37 Å². The van der Waals surface area contributed by atoms with Crippen LogP contribution in [-0.2, 0) is 4.79 Å². The second-order valence-electron chi connectivity index (χ2n) is 8.76. The van der Waals surface area contributed by atoms with Gasteiger partial charge in [0.2, 0.25) is 5.91 Å². The van der Waals surface area contributed by atoms with E-state index in [1.54, 1.807) is 42.6 Å². The smallest absolute Gasteiger partial charge is 0.246 e. The predicted molar refractivity (Wildman–Crippen MR) is 116 cm³/mol. The number of halogens is 1. The van der Waals surface area contributed by atoms with Crippen LogP contribution in [0.5, 0.6) is 5.75 Å². The second kappa shape index (κ2) is 7.60. The number of amides is 1. The molecule has 3 aliphatic rings. The Morgan fingerprint density at radius 2 is 2.10 bits per heavy atom. The first kappa shape index (κ1) is 19.9. The number of aromatic nitrogens is 2.